The number of nitrogens with zero attached hydrogens (tertiary/aromatic N) is 3. The molecule has 1 aromatic rings. The molecule has 1 saturated heterocycles. The standard InChI is InChI=1S/C15H24BrN3O/c1-10(2)20-14-9-11(3)17-15(18-14)19-7-5-13(6-8-19)12(4)16/h9-10,12-13H,5-8H2,1-4H3. The van der Waals surface area contributed by atoms with E-state index >= 15 is 0 Å². The van der Waals surface area contributed by atoms with Crippen molar-refractivity contribution < 1.29 is 4.74 Å². The molecule has 0 saturated carbocycles. The maximum atomic E-state index is 5.70. The molecule has 5 heteroatoms. The molecule has 0 N–H and O–H groups in total. The first-order valence-electron chi connectivity index (χ1n) is 7.37. The summed E-state index contributed by atoms with van der Waals surface area (Å²) in [6.45, 7) is 10.3. The first-order valence-corrected chi connectivity index (χ1v) is 8.28. The highest BCUT2D eigenvalue weighted by Gasteiger charge is 2.24. The molecule has 1 aliphatic rings. The summed E-state index contributed by atoms with van der Waals surface area (Å²) in [4.78, 5) is 12.0. The van der Waals surface area contributed by atoms with Crippen LogP contribution in [0, 0.1) is 12.8 Å². The Balaban J connectivity index is 2.07. The second-order valence-corrected chi connectivity index (χ2v) is 7.26. The van der Waals surface area contributed by atoms with Gasteiger partial charge in [-0.05, 0) is 39.5 Å². The molecular weight excluding hydrogens is 318 g/mol. The monoisotopic (exact) mass is 341 g/mol. The van der Waals surface area contributed by atoms with Gasteiger partial charge in [-0.25, -0.2) is 4.98 Å². The second kappa shape index (κ2) is 6.74. The lowest BCUT2D eigenvalue weighted by Gasteiger charge is -2.33. The van der Waals surface area contributed by atoms with Crippen LogP contribution in [0.25, 0.3) is 0 Å². The van der Waals surface area contributed by atoms with E-state index in [1.54, 1.807) is 0 Å². The van der Waals surface area contributed by atoms with Gasteiger partial charge in [-0.1, -0.05) is 22.9 Å². The molecule has 0 aromatic carbocycles. The number of anilines is 1. The topological polar surface area (TPSA) is 38.2 Å². The van der Waals surface area contributed by atoms with Gasteiger partial charge in [0.05, 0.1) is 6.10 Å². The molecule has 1 fully saturated rings. The first-order chi connectivity index (χ1) is 9.45. The predicted octanol–water partition coefficient (Wildman–Crippen LogP) is 3.57. The molecule has 1 aliphatic heterocycles. The van der Waals surface area contributed by atoms with Gasteiger partial charge < -0.3 is 9.64 Å². The van der Waals surface area contributed by atoms with Gasteiger partial charge >= 0.3 is 0 Å². The SMILES string of the molecule is Cc1cc(OC(C)C)nc(N2CCC(C(C)Br)CC2)n1. The van der Waals surface area contributed by atoms with Crippen molar-refractivity contribution in [3.05, 3.63) is 11.8 Å². The summed E-state index contributed by atoms with van der Waals surface area (Å²) in [7, 11) is 0. The minimum Gasteiger partial charge on any atom is -0.475 e. The predicted molar refractivity (Wildman–Crippen MR) is 85.9 cm³/mol. The van der Waals surface area contributed by atoms with Gasteiger partial charge in [0, 0.05) is 29.7 Å². The lowest BCUT2D eigenvalue weighted by Crippen LogP contribution is -2.37. The summed E-state index contributed by atoms with van der Waals surface area (Å²) in [5.74, 6) is 2.24. The van der Waals surface area contributed by atoms with E-state index in [4.69, 9.17) is 4.74 Å². The zero-order valence-corrected chi connectivity index (χ0v) is 14.4. The molecule has 2 rings (SSSR count). The number of piperidine rings is 1. The van der Waals surface area contributed by atoms with E-state index in [0.29, 0.717) is 10.7 Å². The van der Waals surface area contributed by atoms with Crippen LogP contribution >= 0.6 is 15.9 Å². The third-order valence-electron chi connectivity index (χ3n) is 3.65. The second-order valence-electron chi connectivity index (χ2n) is 5.82. The van der Waals surface area contributed by atoms with Crippen molar-refractivity contribution in [3.8, 4) is 5.88 Å². The van der Waals surface area contributed by atoms with Crippen LogP contribution in [0.2, 0.25) is 0 Å². The maximum absolute atomic E-state index is 5.70. The Morgan fingerprint density at radius 3 is 2.45 bits per heavy atom. The van der Waals surface area contributed by atoms with E-state index in [9.17, 15) is 0 Å². The molecule has 0 radical (unpaired) electrons. The van der Waals surface area contributed by atoms with Crippen molar-refractivity contribution in [1.82, 2.24) is 9.97 Å². The van der Waals surface area contributed by atoms with Crippen LogP contribution in [0.5, 0.6) is 5.88 Å². The van der Waals surface area contributed by atoms with E-state index in [-0.39, 0.29) is 6.10 Å². The van der Waals surface area contributed by atoms with Gasteiger partial charge in [-0.2, -0.15) is 4.98 Å². The summed E-state index contributed by atoms with van der Waals surface area (Å²) in [5.41, 5.74) is 0.960. The van der Waals surface area contributed by atoms with Crippen LogP contribution in [0.3, 0.4) is 0 Å². The fourth-order valence-corrected chi connectivity index (χ4v) is 3.06. The Morgan fingerprint density at radius 1 is 1.25 bits per heavy atom. The Hall–Kier alpha value is -0.840. The fraction of sp³-hybridized carbons (Fsp3) is 0.733. The normalized spacial score (nSPS) is 18.4. The molecule has 4 nitrogen and oxygen atoms in total. The number of ether oxygens (including phenoxy) is 1. The quantitative estimate of drug-likeness (QED) is 0.784. The fourth-order valence-electron chi connectivity index (χ4n) is 2.53. The van der Waals surface area contributed by atoms with E-state index in [2.05, 4.69) is 37.7 Å². The van der Waals surface area contributed by atoms with Crippen LogP contribution in [0.15, 0.2) is 6.07 Å². The third kappa shape index (κ3) is 4.08. The molecule has 0 amide bonds. The van der Waals surface area contributed by atoms with Gasteiger partial charge in [0.1, 0.15) is 0 Å². The summed E-state index contributed by atoms with van der Waals surface area (Å²) < 4.78 is 5.70. The van der Waals surface area contributed by atoms with Gasteiger partial charge in [-0.3, -0.25) is 0 Å². The van der Waals surface area contributed by atoms with Gasteiger partial charge in [0.25, 0.3) is 0 Å². The van der Waals surface area contributed by atoms with Crippen molar-refractivity contribution in [2.45, 2.75) is 51.5 Å². The minimum atomic E-state index is 0.136. The van der Waals surface area contributed by atoms with Gasteiger partial charge in [0.2, 0.25) is 11.8 Å². The van der Waals surface area contributed by atoms with Crippen LogP contribution in [0.1, 0.15) is 39.3 Å². The molecule has 0 aliphatic carbocycles. The Morgan fingerprint density at radius 2 is 1.90 bits per heavy atom. The van der Waals surface area contributed by atoms with Crippen molar-refractivity contribution >= 4 is 21.9 Å². The van der Waals surface area contributed by atoms with Crippen LogP contribution in [0.4, 0.5) is 5.95 Å². The summed E-state index contributed by atoms with van der Waals surface area (Å²) in [6, 6.07) is 1.90. The molecule has 2 heterocycles. The molecular formula is C15H24BrN3O. The highest BCUT2D eigenvalue weighted by Crippen LogP contribution is 2.27. The summed E-state index contributed by atoms with van der Waals surface area (Å²) in [6.07, 6.45) is 2.51. The Labute approximate surface area is 130 Å². The largest absolute Gasteiger partial charge is 0.475 e. The zero-order chi connectivity index (χ0) is 14.7. The highest BCUT2D eigenvalue weighted by atomic mass is 79.9. The average Bonchev–Trinajstić information content (AvgIpc) is 2.37. The number of aromatic nitrogens is 2. The van der Waals surface area contributed by atoms with Crippen molar-refractivity contribution in [2.75, 3.05) is 18.0 Å². The Kier molecular flexibility index (Phi) is 5.24. The van der Waals surface area contributed by atoms with Crippen LogP contribution in [-0.4, -0.2) is 34.0 Å². The maximum Gasteiger partial charge on any atom is 0.228 e. The van der Waals surface area contributed by atoms with Crippen LogP contribution in [-0.2, 0) is 0 Å². The summed E-state index contributed by atoms with van der Waals surface area (Å²) >= 11 is 3.69. The van der Waals surface area contributed by atoms with E-state index < -0.39 is 0 Å². The van der Waals surface area contributed by atoms with E-state index in [0.717, 1.165) is 30.6 Å². The number of halogens is 1. The minimum absolute atomic E-state index is 0.136. The average molecular weight is 342 g/mol. The molecule has 0 spiro atoms. The van der Waals surface area contributed by atoms with Crippen molar-refractivity contribution in [1.29, 1.82) is 0 Å². The molecule has 1 aromatic heterocycles. The number of hydrogen-bond acceptors (Lipinski definition) is 4. The van der Waals surface area contributed by atoms with Crippen molar-refractivity contribution in [2.24, 2.45) is 5.92 Å². The van der Waals surface area contributed by atoms with E-state index in [1.807, 2.05) is 26.8 Å². The molecule has 0 bridgehead atoms. The molecule has 1 unspecified atom stereocenters. The summed E-state index contributed by atoms with van der Waals surface area (Å²) in [5, 5.41) is 0. The lowest BCUT2D eigenvalue weighted by molar-refractivity contribution is 0.232. The molecule has 1 atom stereocenters. The lowest BCUT2D eigenvalue weighted by atomic mass is 9.94. The van der Waals surface area contributed by atoms with Crippen molar-refractivity contribution in [3.63, 3.8) is 0 Å². The van der Waals surface area contributed by atoms with Crippen LogP contribution < -0.4 is 9.64 Å². The van der Waals surface area contributed by atoms with E-state index in [1.165, 1.54) is 12.8 Å². The number of hydrogen-bond donors (Lipinski definition) is 0. The number of rotatable bonds is 4. The molecule has 112 valence electrons. The highest BCUT2D eigenvalue weighted by molar-refractivity contribution is 9.09. The first kappa shape index (κ1) is 15.5. The van der Waals surface area contributed by atoms with Gasteiger partial charge in [-0.15, -0.1) is 0 Å². The number of aryl methyl sites for hydroxylation is 1. The third-order valence-corrected chi connectivity index (χ3v) is 4.40. The molecule has 20 heavy (non-hydrogen) atoms. The van der Waals surface area contributed by atoms with Gasteiger partial charge in [0.15, 0.2) is 0 Å². The smallest absolute Gasteiger partial charge is 0.228 e. The number of alkyl halides is 1. The Bertz CT molecular complexity index is 443. The zero-order valence-electron chi connectivity index (χ0n) is 12.8.